The lowest BCUT2D eigenvalue weighted by atomic mass is 9.97. The van der Waals surface area contributed by atoms with Crippen LogP contribution in [0.15, 0.2) is 42.7 Å². The molecule has 2 atom stereocenters. The number of nitrogens with two attached hydrogens (primary N) is 1. The number of aromatic nitrogens is 4. The van der Waals surface area contributed by atoms with Crippen LogP contribution in [-0.4, -0.2) is 68.2 Å². The van der Waals surface area contributed by atoms with Gasteiger partial charge >= 0.3 is 0 Å². The number of nitrogen functional groups attached to an aromatic ring is 1. The van der Waals surface area contributed by atoms with Gasteiger partial charge in [-0.15, -0.1) is 0 Å². The van der Waals surface area contributed by atoms with Gasteiger partial charge in [-0.3, -0.25) is 4.21 Å². The van der Waals surface area contributed by atoms with Gasteiger partial charge in [0.2, 0.25) is 5.95 Å². The van der Waals surface area contributed by atoms with Gasteiger partial charge in [0.15, 0.2) is 5.82 Å². The molecule has 1 aliphatic rings. The summed E-state index contributed by atoms with van der Waals surface area (Å²) in [5.41, 5.74) is 7.19. The van der Waals surface area contributed by atoms with Gasteiger partial charge in [0, 0.05) is 59.8 Å². The second-order valence-electron chi connectivity index (χ2n) is 9.20. The Labute approximate surface area is 237 Å². The molecule has 3 heterocycles. The van der Waals surface area contributed by atoms with Gasteiger partial charge in [-0.2, -0.15) is 0 Å². The molecule has 5 rings (SSSR count). The molecule has 2 aromatic carbocycles. The first-order chi connectivity index (χ1) is 19.9. The summed E-state index contributed by atoms with van der Waals surface area (Å²) in [6.07, 6.45) is 1.15. The van der Waals surface area contributed by atoms with Crippen LogP contribution in [0.3, 0.4) is 0 Å². The Kier molecular flexibility index (Phi) is 8.93. The van der Waals surface area contributed by atoms with Crippen molar-refractivity contribution in [2.45, 2.75) is 19.5 Å². The van der Waals surface area contributed by atoms with E-state index >= 15 is 4.39 Å². The molecule has 4 aromatic rings. The van der Waals surface area contributed by atoms with E-state index in [4.69, 9.17) is 25.2 Å². The van der Waals surface area contributed by atoms with Gasteiger partial charge in [-0.05, 0) is 31.0 Å². The summed E-state index contributed by atoms with van der Waals surface area (Å²) in [4.78, 5) is 19.8. The molecule has 0 radical (unpaired) electrons. The van der Waals surface area contributed by atoms with Crippen LogP contribution in [0.2, 0.25) is 0 Å². The number of morpholine rings is 1. The molecule has 0 amide bonds. The molecule has 0 saturated carbocycles. The van der Waals surface area contributed by atoms with Crippen molar-refractivity contribution in [2.75, 3.05) is 50.1 Å². The number of alkyl halides is 1. The number of rotatable bonds is 10. The molecule has 2 unspecified atom stereocenters. The zero-order valence-corrected chi connectivity index (χ0v) is 23.0. The highest BCUT2D eigenvalue weighted by Crippen LogP contribution is 2.39. The third kappa shape index (κ3) is 6.40. The first kappa shape index (κ1) is 28.7. The Bertz CT molecular complexity index is 1560. The molecule has 1 fully saturated rings. The van der Waals surface area contributed by atoms with E-state index in [2.05, 4.69) is 19.6 Å². The third-order valence-electron chi connectivity index (χ3n) is 6.58. The van der Waals surface area contributed by atoms with Crippen molar-refractivity contribution in [1.29, 1.82) is 0 Å². The predicted molar refractivity (Wildman–Crippen MR) is 150 cm³/mol. The van der Waals surface area contributed by atoms with Crippen LogP contribution >= 0.6 is 0 Å². The smallest absolute Gasteiger partial charge is 0.219 e. The van der Waals surface area contributed by atoms with E-state index < -0.39 is 23.3 Å². The number of nitrogens with zero attached hydrogens (tertiary/aromatic N) is 5. The van der Waals surface area contributed by atoms with Crippen molar-refractivity contribution >= 4 is 33.9 Å². The van der Waals surface area contributed by atoms with Crippen molar-refractivity contribution < 1.29 is 27.0 Å². The van der Waals surface area contributed by atoms with E-state index in [1.165, 1.54) is 6.07 Å². The standard InChI is InChI=1S/C27H29F2N7O4S/c1-2-40-22-13-16(18-4-3-5-19(23(18)29)21(28)6-7-33-41(37)38)12-20-24(22)34-25(17-14-31-27(30)32-15-17)35-26(20)36-8-10-39-11-9-36/h3-5,12-15,21,33H,2,6-11H2,1H3,(H,37,38)(H2,30,31,32)/p-1. The molecule has 1 saturated heterocycles. The molecule has 14 heteroatoms. The Morgan fingerprint density at radius 3 is 2.66 bits per heavy atom. The molecular formula is C27H28F2N7O4S-. The van der Waals surface area contributed by atoms with Crippen molar-refractivity contribution in [3.63, 3.8) is 0 Å². The number of ether oxygens (including phenoxy) is 2. The van der Waals surface area contributed by atoms with Crippen LogP contribution in [-0.2, 0) is 16.0 Å². The SMILES string of the molecule is CCOc1cc(-c2cccc(C(F)CCNS(=O)[O-])c2F)cc2c(N3CCOCC3)nc(-c3cnc(N)nc3)nc12. The highest BCUT2D eigenvalue weighted by molar-refractivity contribution is 7.77. The number of fused-ring (bicyclic) bond motifs is 1. The van der Waals surface area contributed by atoms with Gasteiger partial charge in [-0.1, -0.05) is 18.2 Å². The molecule has 3 N–H and O–H groups in total. The molecule has 0 aliphatic carbocycles. The molecule has 41 heavy (non-hydrogen) atoms. The van der Waals surface area contributed by atoms with E-state index in [9.17, 15) is 13.2 Å². The first-order valence-electron chi connectivity index (χ1n) is 13.0. The lowest BCUT2D eigenvalue weighted by Crippen LogP contribution is -2.37. The monoisotopic (exact) mass is 584 g/mol. The van der Waals surface area contributed by atoms with Gasteiger partial charge in [-0.25, -0.2) is 33.4 Å². The number of benzene rings is 2. The molecule has 0 bridgehead atoms. The minimum atomic E-state index is -2.53. The molecule has 2 aromatic heterocycles. The number of hydrogen-bond donors (Lipinski definition) is 2. The van der Waals surface area contributed by atoms with Crippen LogP contribution in [0, 0.1) is 5.82 Å². The fourth-order valence-corrected chi connectivity index (χ4v) is 4.93. The number of anilines is 2. The summed E-state index contributed by atoms with van der Waals surface area (Å²) in [7, 11) is 0. The molecule has 216 valence electrons. The summed E-state index contributed by atoms with van der Waals surface area (Å²) >= 11 is -2.53. The summed E-state index contributed by atoms with van der Waals surface area (Å²) < 4.78 is 65.8. The van der Waals surface area contributed by atoms with Crippen LogP contribution in [0.1, 0.15) is 25.1 Å². The molecule has 11 nitrogen and oxygen atoms in total. The van der Waals surface area contributed by atoms with Gasteiger partial charge in [0.05, 0.1) is 25.4 Å². The normalized spacial score (nSPS) is 15.2. The first-order valence-corrected chi connectivity index (χ1v) is 14.1. The van der Waals surface area contributed by atoms with Crippen molar-refractivity contribution in [2.24, 2.45) is 0 Å². The second-order valence-corrected chi connectivity index (χ2v) is 9.96. The highest BCUT2D eigenvalue weighted by atomic mass is 32.2. The van der Waals surface area contributed by atoms with Crippen LogP contribution in [0.5, 0.6) is 5.75 Å². The lowest BCUT2D eigenvalue weighted by molar-refractivity contribution is 0.122. The number of nitrogens with one attached hydrogen (secondary N) is 1. The average Bonchev–Trinajstić information content (AvgIpc) is 2.97. The number of hydrogen-bond acceptors (Lipinski definition) is 10. The Morgan fingerprint density at radius 1 is 1.20 bits per heavy atom. The van der Waals surface area contributed by atoms with Gasteiger partial charge in [0.1, 0.15) is 29.1 Å². The molecular weight excluding hydrogens is 556 g/mol. The Morgan fingerprint density at radius 2 is 1.95 bits per heavy atom. The van der Waals surface area contributed by atoms with E-state index in [1.807, 2.05) is 6.92 Å². The largest absolute Gasteiger partial charge is 0.760 e. The second kappa shape index (κ2) is 12.8. The lowest BCUT2D eigenvalue weighted by Gasteiger charge is -2.29. The minimum Gasteiger partial charge on any atom is -0.760 e. The van der Waals surface area contributed by atoms with E-state index in [0.717, 1.165) is 0 Å². The minimum absolute atomic E-state index is 0.124. The summed E-state index contributed by atoms with van der Waals surface area (Å²) in [6.45, 7) is 4.16. The maximum atomic E-state index is 15.8. The number of halogens is 2. The zero-order chi connectivity index (χ0) is 28.9. The van der Waals surface area contributed by atoms with E-state index in [1.54, 1.807) is 36.7 Å². The third-order valence-corrected chi connectivity index (χ3v) is 7.02. The van der Waals surface area contributed by atoms with Gasteiger partial charge in [0.25, 0.3) is 0 Å². The maximum absolute atomic E-state index is 15.8. The Balaban J connectivity index is 1.65. The molecule has 1 aliphatic heterocycles. The zero-order valence-electron chi connectivity index (χ0n) is 22.2. The van der Waals surface area contributed by atoms with Crippen LogP contribution < -0.4 is 20.1 Å². The quantitative estimate of drug-likeness (QED) is 0.265. The topological polar surface area (TPSA) is 151 Å². The fraction of sp³-hybridized carbons (Fsp3) is 0.333. The highest BCUT2D eigenvalue weighted by Gasteiger charge is 2.23. The summed E-state index contributed by atoms with van der Waals surface area (Å²) in [6, 6.07) is 7.91. The van der Waals surface area contributed by atoms with Crippen LogP contribution in [0.4, 0.5) is 20.5 Å². The van der Waals surface area contributed by atoms with Crippen molar-refractivity contribution in [3.8, 4) is 28.3 Å². The Hall–Kier alpha value is -3.85. The van der Waals surface area contributed by atoms with E-state index in [0.29, 0.717) is 72.3 Å². The predicted octanol–water partition coefficient (Wildman–Crippen LogP) is 3.49. The molecule has 0 spiro atoms. The van der Waals surface area contributed by atoms with Crippen LogP contribution in [0.25, 0.3) is 33.4 Å². The summed E-state index contributed by atoms with van der Waals surface area (Å²) in [5.74, 6) is 0.755. The van der Waals surface area contributed by atoms with Crippen molar-refractivity contribution in [1.82, 2.24) is 24.7 Å². The van der Waals surface area contributed by atoms with Crippen molar-refractivity contribution in [3.05, 3.63) is 54.1 Å². The summed E-state index contributed by atoms with van der Waals surface area (Å²) in [5, 5.41) is 0.622. The van der Waals surface area contributed by atoms with E-state index in [-0.39, 0.29) is 30.0 Å². The van der Waals surface area contributed by atoms with Gasteiger partial charge < -0.3 is 24.7 Å². The maximum Gasteiger partial charge on any atom is 0.219 e. The fourth-order valence-electron chi connectivity index (χ4n) is 4.64. The average molecular weight is 585 g/mol.